The number of hydrogen-bond acceptors (Lipinski definition) is 5. The van der Waals surface area contributed by atoms with Crippen molar-refractivity contribution in [3.63, 3.8) is 0 Å². The fraction of sp³-hybridized carbons (Fsp3) is 0.0172. The molecule has 0 saturated carbocycles. The van der Waals surface area contributed by atoms with Gasteiger partial charge < -0.3 is 0 Å². The minimum Gasteiger partial charge on any atom is -0.218 e. The summed E-state index contributed by atoms with van der Waals surface area (Å²) < 4.78 is 28.6. The molecule has 0 amide bonds. The highest BCUT2D eigenvalue weighted by molar-refractivity contribution is 7.92. The number of benzene rings is 9. The highest BCUT2D eigenvalue weighted by Gasteiger charge is 2.52. The van der Waals surface area contributed by atoms with Crippen LogP contribution in [-0.4, -0.2) is 23.4 Å². The summed E-state index contributed by atoms with van der Waals surface area (Å²) in [6.07, 6.45) is 0. The lowest BCUT2D eigenvalue weighted by Crippen LogP contribution is -2.29. The first kappa shape index (κ1) is 36.6. The van der Waals surface area contributed by atoms with E-state index < -0.39 is 15.3 Å². The Morgan fingerprint density at radius 1 is 0.297 bits per heavy atom. The lowest BCUT2D eigenvalue weighted by atomic mass is 9.65. The molecule has 10 aromatic rings. The zero-order chi connectivity index (χ0) is 42.6. The minimum absolute atomic E-state index is 0.348. The fourth-order valence-electron chi connectivity index (χ4n) is 10.6. The molecule has 2 aliphatic carbocycles. The van der Waals surface area contributed by atoms with Crippen molar-refractivity contribution in [3.8, 4) is 89.8 Å². The van der Waals surface area contributed by atoms with Gasteiger partial charge in [-0.25, -0.2) is 23.4 Å². The van der Waals surface area contributed by atoms with E-state index in [1.807, 2.05) is 72.8 Å². The van der Waals surface area contributed by atoms with Gasteiger partial charge in [-0.1, -0.05) is 188 Å². The predicted octanol–water partition coefficient (Wildman–Crippen LogP) is 13.4. The van der Waals surface area contributed by atoms with Crippen LogP contribution in [0.15, 0.2) is 222 Å². The van der Waals surface area contributed by atoms with E-state index in [2.05, 4.69) is 133 Å². The van der Waals surface area contributed by atoms with Gasteiger partial charge in [-0.15, -0.1) is 0 Å². The van der Waals surface area contributed by atoms with Gasteiger partial charge in [0, 0.05) is 27.8 Å². The Kier molecular flexibility index (Phi) is 7.84. The Morgan fingerprint density at radius 3 is 1.50 bits per heavy atom. The van der Waals surface area contributed by atoms with Crippen LogP contribution in [0, 0.1) is 0 Å². The standard InChI is InChI=1S/C58H35N3O2S/c62-64(63)51-29-14-11-26-46(51)54-52(64)33-32-49-53(54)45-25-10-13-28-48(45)58(49)47-27-12-9-24-43(47)41-22-7-8-23-42(41)44-31-30-40(35-50(44)58)57-60-55(37-18-5-2-6-19-37)59-56(61-57)39-21-15-20-38(34-39)36-16-3-1-4-17-36/h1-35H. The fourth-order valence-corrected chi connectivity index (χ4v) is 12.3. The minimum atomic E-state index is -3.74. The monoisotopic (exact) mass is 837 g/mol. The van der Waals surface area contributed by atoms with E-state index in [1.54, 1.807) is 6.07 Å². The third kappa shape index (κ3) is 5.11. The van der Waals surface area contributed by atoms with Gasteiger partial charge in [0.05, 0.1) is 15.2 Å². The summed E-state index contributed by atoms with van der Waals surface area (Å²) in [4.78, 5) is 16.4. The molecule has 13 rings (SSSR count). The number of fused-ring (bicyclic) bond motifs is 16. The van der Waals surface area contributed by atoms with Crippen molar-refractivity contribution in [2.45, 2.75) is 15.2 Å². The maximum absolute atomic E-state index is 14.3. The SMILES string of the molecule is O=S1(=O)c2ccccc2-c2c1ccc1c2-c2ccccc2C12c1ccccc1-c1ccccc1-c1ccc(-c3nc(-c4ccccc4)nc(-c4cccc(-c5ccccc5)c4)n3)cc12. The Bertz CT molecular complexity index is 3700. The number of sulfone groups is 1. The van der Waals surface area contributed by atoms with E-state index in [4.69, 9.17) is 15.0 Å². The summed E-state index contributed by atoms with van der Waals surface area (Å²) in [6, 6.07) is 72.7. The van der Waals surface area contributed by atoms with Crippen molar-refractivity contribution >= 4 is 9.84 Å². The van der Waals surface area contributed by atoms with Gasteiger partial charge in [0.2, 0.25) is 9.84 Å². The van der Waals surface area contributed by atoms with Crippen LogP contribution in [0.3, 0.4) is 0 Å². The van der Waals surface area contributed by atoms with E-state index in [1.165, 1.54) is 0 Å². The molecule has 0 bridgehead atoms. The quantitative estimate of drug-likeness (QED) is 0.177. The Morgan fingerprint density at radius 2 is 0.797 bits per heavy atom. The third-order valence-corrected chi connectivity index (χ3v) is 15.2. The largest absolute Gasteiger partial charge is 0.218 e. The first-order valence-electron chi connectivity index (χ1n) is 21.4. The Balaban J connectivity index is 1.12. The first-order chi connectivity index (χ1) is 31.5. The predicted molar refractivity (Wildman–Crippen MR) is 254 cm³/mol. The van der Waals surface area contributed by atoms with Gasteiger partial charge in [0.1, 0.15) is 0 Å². The molecule has 0 fully saturated rings. The molecular weight excluding hydrogens is 803 g/mol. The molecule has 5 nitrogen and oxygen atoms in total. The van der Waals surface area contributed by atoms with E-state index in [0.717, 1.165) is 94.6 Å². The smallest absolute Gasteiger partial charge is 0.207 e. The normalized spacial score (nSPS) is 15.5. The second-order valence-electron chi connectivity index (χ2n) is 16.6. The van der Waals surface area contributed by atoms with Crippen molar-refractivity contribution in [2.24, 2.45) is 0 Å². The number of nitrogens with zero attached hydrogens (tertiary/aromatic N) is 3. The highest BCUT2D eigenvalue weighted by Crippen LogP contribution is 2.64. The van der Waals surface area contributed by atoms with Gasteiger partial charge in [0.15, 0.2) is 17.5 Å². The van der Waals surface area contributed by atoms with Crippen LogP contribution < -0.4 is 0 Å². The average Bonchev–Trinajstić information content (AvgIpc) is 3.75. The number of rotatable bonds is 4. The molecule has 6 heteroatoms. The first-order valence-corrected chi connectivity index (χ1v) is 22.9. The Hall–Kier alpha value is -8.06. The van der Waals surface area contributed by atoms with Crippen molar-refractivity contribution in [1.82, 2.24) is 15.0 Å². The molecular formula is C58H35N3O2S. The van der Waals surface area contributed by atoms with Crippen LogP contribution in [0.25, 0.3) is 89.8 Å². The molecule has 0 saturated heterocycles. The van der Waals surface area contributed by atoms with Crippen molar-refractivity contribution in [1.29, 1.82) is 0 Å². The number of hydrogen-bond donors (Lipinski definition) is 0. The van der Waals surface area contributed by atoms with Crippen LogP contribution in [0.4, 0.5) is 0 Å². The van der Waals surface area contributed by atoms with Crippen LogP contribution in [-0.2, 0) is 15.3 Å². The summed E-state index contributed by atoms with van der Waals surface area (Å²) in [5, 5.41) is 0. The second kappa shape index (κ2) is 13.7. The van der Waals surface area contributed by atoms with E-state index in [-0.39, 0.29) is 0 Å². The molecule has 1 aliphatic heterocycles. The molecule has 1 aromatic heterocycles. The molecule has 0 radical (unpaired) electrons. The van der Waals surface area contributed by atoms with Gasteiger partial charge in [-0.3, -0.25) is 0 Å². The zero-order valence-corrected chi connectivity index (χ0v) is 35.1. The summed E-state index contributed by atoms with van der Waals surface area (Å²) in [5.74, 6) is 1.71. The molecule has 0 N–H and O–H groups in total. The molecule has 64 heavy (non-hydrogen) atoms. The van der Waals surface area contributed by atoms with E-state index in [0.29, 0.717) is 27.3 Å². The molecule has 1 atom stereocenters. The topological polar surface area (TPSA) is 72.8 Å². The Labute approximate surface area is 371 Å². The number of aromatic nitrogens is 3. The molecule has 1 unspecified atom stereocenters. The lowest BCUT2D eigenvalue weighted by molar-refractivity contribution is 0.598. The van der Waals surface area contributed by atoms with Gasteiger partial charge in [-0.2, -0.15) is 0 Å². The van der Waals surface area contributed by atoms with Gasteiger partial charge >= 0.3 is 0 Å². The molecule has 3 aliphatic rings. The van der Waals surface area contributed by atoms with Crippen molar-refractivity contribution < 1.29 is 8.42 Å². The summed E-state index contributed by atoms with van der Waals surface area (Å²) >= 11 is 0. The van der Waals surface area contributed by atoms with Crippen molar-refractivity contribution in [2.75, 3.05) is 0 Å². The zero-order valence-electron chi connectivity index (χ0n) is 34.3. The van der Waals surface area contributed by atoms with E-state index in [9.17, 15) is 8.42 Å². The van der Waals surface area contributed by atoms with Gasteiger partial charge in [0.25, 0.3) is 0 Å². The molecule has 1 spiro atoms. The summed E-state index contributed by atoms with van der Waals surface area (Å²) in [5.41, 5.74) is 16.2. The van der Waals surface area contributed by atoms with E-state index >= 15 is 0 Å². The summed E-state index contributed by atoms with van der Waals surface area (Å²) in [6.45, 7) is 0. The van der Waals surface area contributed by atoms with Crippen LogP contribution in [0.5, 0.6) is 0 Å². The molecule has 2 heterocycles. The molecule has 300 valence electrons. The van der Waals surface area contributed by atoms with Crippen LogP contribution in [0.1, 0.15) is 22.3 Å². The van der Waals surface area contributed by atoms with Crippen molar-refractivity contribution in [3.05, 3.63) is 235 Å². The van der Waals surface area contributed by atoms with Gasteiger partial charge in [-0.05, 0) is 91.0 Å². The van der Waals surface area contributed by atoms with Crippen LogP contribution in [0.2, 0.25) is 0 Å². The summed E-state index contributed by atoms with van der Waals surface area (Å²) in [7, 11) is -3.74. The average molecular weight is 838 g/mol. The molecule has 9 aromatic carbocycles. The second-order valence-corrected chi connectivity index (χ2v) is 18.5. The third-order valence-electron chi connectivity index (χ3n) is 13.3. The highest BCUT2D eigenvalue weighted by atomic mass is 32.2. The maximum Gasteiger partial charge on any atom is 0.207 e. The van der Waals surface area contributed by atoms with Crippen LogP contribution >= 0.6 is 0 Å². The lowest BCUT2D eigenvalue weighted by Gasteiger charge is -2.35. The maximum atomic E-state index is 14.3.